The highest BCUT2D eigenvalue weighted by Crippen LogP contribution is 2.31. The van der Waals surface area contributed by atoms with Gasteiger partial charge >= 0.3 is 0 Å². The van der Waals surface area contributed by atoms with Crippen LogP contribution in [-0.2, 0) is 0 Å². The molecule has 0 saturated carbocycles. The second kappa shape index (κ2) is 3.81. The minimum atomic E-state index is -2.49. The van der Waals surface area contributed by atoms with Gasteiger partial charge in [-0.3, -0.25) is 0 Å². The van der Waals surface area contributed by atoms with Crippen molar-refractivity contribution in [3.63, 3.8) is 0 Å². The van der Waals surface area contributed by atoms with Crippen LogP contribution < -0.4 is 5.73 Å². The number of hydrogen-bond donors (Lipinski definition) is 1. The Bertz CT molecular complexity index is 255. The van der Waals surface area contributed by atoms with Crippen LogP contribution in [0.25, 0.3) is 0 Å². The first-order valence-electron chi connectivity index (χ1n) is 3.32. The lowest BCUT2D eigenvalue weighted by atomic mass is 10.3. The van der Waals surface area contributed by atoms with Crippen molar-refractivity contribution in [3.8, 4) is 0 Å². The number of hydrogen-bond acceptors (Lipinski definition) is 2. The van der Waals surface area contributed by atoms with Crippen LogP contribution in [0.5, 0.6) is 0 Å². The van der Waals surface area contributed by atoms with Crippen molar-refractivity contribution in [2.45, 2.75) is 19.4 Å². The highest BCUT2D eigenvalue weighted by atomic mass is 79.9. The van der Waals surface area contributed by atoms with Gasteiger partial charge in [0.2, 0.25) is 0 Å². The summed E-state index contributed by atoms with van der Waals surface area (Å²) in [4.78, 5) is 1.50. The molecule has 0 amide bonds. The molecule has 68 valence electrons. The summed E-state index contributed by atoms with van der Waals surface area (Å²) < 4.78 is 25.1. The molecule has 1 aromatic rings. The Morgan fingerprint density at radius 3 is 2.50 bits per heavy atom. The van der Waals surface area contributed by atoms with E-state index in [1.807, 2.05) is 6.92 Å². The average molecular weight is 256 g/mol. The van der Waals surface area contributed by atoms with Gasteiger partial charge in [-0.1, -0.05) is 0 Å². The number of halogens is 3. The minimum absolute atomic E-state index is 0.523. The Kier molecular flexibility index (Phi) is 3.20. The predicted octanol–water partition coefficient (Wildman–Crippen LogP) is 3.08. The summed E-state index contributed by atoms with van der Waals surface area (Å²) in [5.41, 5.74) is 5.26. The van der Waals surface area contributed by atoms with Crippen molar-refractivity contribution in [1.29, 1.82) is 0 Å². The maximum absolute atomic E-state index is 12.1. The molecule has 0 fully saturated rings. The van der Waals surface area contributed by atoms with E-state index in [0.29, 0.717) is 4.88 Å². The molecule has 0 spiro atoms. The molecule has 1 aromatic heterocycles. The zero-order valence-corrected chi connectivity index (χ0v) is 8.75. The molecule has 1 nitrogen and oxygen atoms in total. The van der Waals surface area contributed by atoms with Crippen molar-refractivity contribution < 1.29 is 8.78 Å². The third-order valence-electron chi connectivity index (χ3n) is 1.48. The Morgan fingerprint density at radius 1 is 1.58 bits per heavy atom. The van der Waals surface area contributed by atoms with E-state index in [-0.39, 0.29) is 0 Å². The van der Waals surface area contributed by atoms with E-state index < -0.39 is 12.5 Å². The summed E-state index contributed by atoms with van der Waals surface area (Å²) in [5, 5.41) is 0. The fourth-order valence-corrected chi connectivity index (χ4v) is 2.34. The van der Waals surface area contributed by atoms with E-state index in [2.05, 4.69) is 15.9 Å². The molecule has 12 heavy (non-hydrogen) atoms. The van der Waals surface area contributed by atoms with E-state index in [0.717, 1.165) is 9.35 Å². The zero-order valence-electron chi connectivity index (χ0n) is 6.35. The summed E-state index contributed by atoms with van der Waals surface area (Å²) in [7, 11) is 0. The van der Waals surface area contributed by atoms with Gasteiger partial charge in [-0.05, 0) is 28.9 Å². The van der Waals surface area contributed by atoms with Crippen LogP contribution >= 0.6 is 27.3 Å². The average Bonchev–Trinajstić information content (AvgIpc) is 2.30. The van der Waals surface area contributed by atoms with Crippen molar-refractivity contribution in [2.75, 3.05) is 0 Å². The van der Waals surface area contributed by atoms with Crippen molar-refractivity contribution in [2.24, 2.45) is 5.73 Å². The van der Waals surface area contributed by atoms with Gasteiger partial charge in [0, 0.05) is 14.2 Å². The SMILES string of the molecule is Cc1sc(C(N)C(F)F)cc1Br. The predicted molar refractivity (Wildman–Crippen MR) is 49.7 cm³/mol. The molecular formula is C7H8BrF2NS. The summed E-state index contributed by atoms with van der Waals surface area (Å²) in [5.74, 6) is 0. The van der Waals surface area contributed by atoms with Crippen LogP contribution in [0.1, 0.15) is 15.8 Å². The highest BCUT2D eigenvalue weighted by Gasteiger charge is 2.19. The highest BCUT2D eigenvalue weighted by molar-refractivity contribution is 9.10. The molecule has 2 N–H and O–H groups in total. The van der Waals surface area contributed by atoms with Crippen molar-refractivity contribution in [3.05, 3.63) is 20.3 Å². The molecule has 1 atom stereocenters. The fraction of sp³-hybridized carbons (Fsp3) is 0.429. The smallest absolute Gasteiger partial charge is 0.258 e. The summed E-state index contributed by atoms with van der Waals surface area (Å²) >= 11 is 4.54. The Morgan fingerprint density at radius 2 is 2.17 bits per heavy atom. The van der Waals surface area contributed by atoms with Crippen LogP contribution in [0, 0.1) is 6.92 Å². The Labute approximate surface area is 81.7 Å². The number of rotatable bonds is 2. The molecule has 1 rings (SSSR count). The third kappa shape index (κ3) is 2.02. The van der Waals surface area contributed by atoms with E-state index in [1.54, 1.807) is 6.07 Å². The van der Waals surface area contributed by atoms with Crippen molar-refractivity contribution >= 4 is 27.3 Å². The zero-order chi connectivity index (χ0) is 9.30. The first-order valence-corrected chi connectivity index (χ1v) is 4.93. The van der Waals surface area contributed by atoms with Crippen LogP contribution in [0.15, 0.2) is 10.5 Å². The van der Waals surface area contributed by atoms with Gasteiger partial charge in [-0.15, -0.1) is 11.3 Å². The number of aryl methyl sites for hydroxylation is 1. The van der Waals surface area contributed by atoms with Gasteiger partial charge in [0.25, 0.3) is 6.43 Å². The molecule has 0 aliphatic carbocycles. The summed E-state index contributed by atoms with van der Waals surface area (Å²) in [6.45, 7) is 1.86. The van der Waals surface area contributed by atoms with Gasteiger partial charge in [0.05, 0.1) is 0 Å². The fourth-order valence-electron chi connectivity index (χ4n) is 0.770. The molecule has 0 radical (unpaired) electrons. The first-order chi connectivity index (χ1) is 5.52. The third-order valence-corrected chi connectivity index (χ3v) is 3.71. The first kappa shape index (κ1) is 10.1. The topological polar surface area (TPSA) is 26.0 Å². The number of alkyl halides is 2. The van der Waals surface area contributed by atoms with E-state index in [1.165, 1.54) is 11.3 Å². The number of thiophene rings is 1. The Balaban J connectivity index is 2.89. The van der Waals surface area contributed by atoms with Crippen LogP contribution in [0.2, 0.25) is 0 Å². The number of nitrogens with two attached hydrogens (primary N) is 1. The van der Waals surface area contributed by atoms with Gasteiger partial charge in [0.1, 0.15) is 6.04 Å². The second-order valence-corrected chi connectivity index (χ2v) is 4.56. The molecule has 0 aromatic carbocycles. The molecule has 5 heteroatoms. The minimum Gasteiger partial charge on any atom is -0.319 e. The van der Waals surface area contributed by atoms with E-state index in [9.17, 15) is 8.78 Å². The lowest BCUT2D eigenvalue weighted by Gasteiger charge is -2.06. The van der Waals surface area contributed by atoms with Crippen LogP contribution in [0.4, 0.5) is 8.78 Å². The normalized spacial score (nSPS) is 13.8. The summed E-state index contributed by atoms with van der Waals surface area (Å²) in [6.07, 6.45) is -2.49. The quantitative estimate of drug-likeness (QED) is 0.864. The van der Waals surface area contributed by atoms with E-state index >= 15 is 0 Å². The van der Waals surface area contributed by atoms with E-state index in [4.69, 9.17) is 5.73 Å². The van der Waals surface area contributed by atoms with Gasteiger partial charge in [-0.25, -0.2) is 8.78 Å². The maximum Gasteiger partial charge on any atom is 0.258 e. The lowest BCUT2D eigenvalue weighted by molar-refractivity contribution is 0.118. The van der Waals surface area contributed by atoms with Gasteiger partial charge < -0.3 is 5.73 Å². The van der Waals surface area contributed by atoms with Gasteiger partial charge in [0.15, 0.2) is 0 Å². The molecular weight excluding hydrogens is 248 g/mol. The maximum atomic E-state index is 12.1. The van der Waals surface area contributed by atoms with Gasteiger partial charge in [-0.2, -0.15) is 0 Å². The largest absolute Gasteiger partial charge is 0.319 e. The Hall–Kier alpha value is -0.0000000000000000555. The molecule has 1 heterocycles. The summed E-state index contributed by atoms with van der Waals surface area (Å²) in [6, 6.07) is 0.497. The second-order valence-electron chi connectivity index (χ2n) is 2.41. The molecule has 0 aliphatic rings. The monoisotopic (exact) mass is 255 g/mol. The molecule has 0 saturated heterocycles. The molecule has 0 bridgehead atoms. The molecule has 0 aliphatic heterocycles. The van der Waals surface area contributed by atoms with Crippen LogP contribution in [0.3, 0.4) is 0 Å². The standard InChI is InChI=1S/C7H8BrF2NS/c1-3-4(8)2-5(12-3)6(11)7(9)10/h2,6-7H,11H2,1H3. The van der Waals surface area contributed by atoms with Crippen molar-refractivity contribution in [1.82, 2.24) is 0 Å². The molecule has 1 unspecified atom stereocenters. The van der Waals surface area contributed by atoms with Crippen LogP contribution in [-0.4, -0.2) is 6.43 Å². The lowest BCUT2D eigenvalue weighted by Crippen LogP contribution is -2.17.